The molecule has 0 spiro atoms. The summed E-state index contributed by atoms with van der Waals surface area (Å²) in [6.45, 7) is 12.7. The number of anilines is 5. The molecule has 0 radical (unpaired) electrons. The molecule has 9 rings (SSSR count). The number of aromatic nitrogens is 5. The van der Waals surface area contributed by atoms with Gasteiger partial charge in [0.15, 0.2) is 22.3 Å². The number of sulfone groups is 1. The Bertz CT molecular complexity index is 3580. The third-order valence-electron chi connectivity index (χ3n) is 14.6. The van der Waals surface area contributed by atoms with Gasteiger partial charge in [-0.1, -0.05) is 72.1 Å². The number of amides is 1. The molecule has 20 nitrogen and oxygen atoms in total. The average Bonchev–Trinajstić information content (AvgIpc) is 4.11. The number of nitrogens with zero attached hydrogens (tertiary/aromatic N) is 8. The second-order valence-corrected chi connectivity index (χ2v) is 25.4. The number of ether oxygens (including phenoxy) is 3. The van der Waals surface area contributed by atoms with Gasteiger partial charge in [-0.15, -0.1) is 5.10 Å². The number of sulfonamides is 1. The number of hydrogen-bond donors (Lipinski definition) is 3. The molecule has 1 fully saturated rings. The van der Waals surface area contributed by atoms with Crippen LogP contribution in [-0.4, -0.2) is 134 Å². The molecule has 0 bridgehead atoms. The molecule has 2 aliphatic heterocycles. The SMILES string of the molecule is Cc1ccc(C(COC=O)c2cc(OCC(=O)NCCCCCCN3CCN(c4ccc(Nc5ncc(Cl)c(Nc6ccccc6S(=O)(=O)C(C)C)n5)cc4)CC3)c3c(c2)nnn3C)cc1CN1CC(C)Oc2ccccc2S1(=O)=O. The number of fused-ring (bicyclic) bond motifs is 2. The van der Waals surface area contributed by atoms with Crippen LogP contribution in [0.25, 0.3) is 11.0 Å². The van der Waals surface area contributed by atoms with E-state index in [0.29, 0.717) is 52.7 Å². The van der Waals surface area contributed by atoms with Gasteiger partial charge in [0, 0.05) is 63.6 Å². The molecule has 5 aromatic carbocycles. The lowest BCUT2D eigenvalue weighted by Crippen LogP contribution is -2.46. The van der Waals surface area contributed by atoms with Gasteiger partial charge >= 0.3 is 0 Å². The number of halogens is 1. The van der Waals surface area contributed by atoms with E-state index in [1.807, 2.05) is 56.3 Å². The van der Waals surface area contributed by atoms with Crippen LogP contribution in [0.1, 0.15) is 74.6 Å². The van der Waals surface area contributed by atoms with Crippen molar-refractivity contribution in [2.24, 2.45) is 7.05 Å². The summed E-state index contributed by atoms with van der Waals surface area (Å²) >= 11 is 6.45. The third kappa shape index (κ3) is 14.0. The lowest BCUT2D eigenvalue weighted by Gasteiger charge is -2.36. The van der Waals surface area contributed by atoms with Gasteiger partial charge in [-0.2, -0.15) is 9.29 Å². The quantitative estimate of drug-likeness (QED) is 0.0380. The predicted octanol–water partition coefficient (Wildman–Crippen LogP) is 8.54. The van der Waals surface area contributed by atoms with Crippen LogP contribution in [0.2, 0.25) is 5.02 Å². The number of piperazine rings is 1. The summed E-state index contributed by atoms with van der Waals surface area (Å²) in [5.74, 6) is 0.535. The van der Waals surface area contributed by atoms with Crippen molar-refractivity contribution < 1.29 is 40.6 Å². The molecular formula is C58H68ClN11O9S2. The lowest BCUT2D eigenvalue weighted by atomic mass is 9.89. The number of carbonyl (C=O) groups is 2. The van der Waals surface area contributed by atoms with Gasteiger partial charge in [-0.05, 0) is 130 Å². The molecule has 428 valence electrons. The molecule has 0 saturated carbocycles. The van der Waals surface area contributed by atoms with E-state index >= 15 is 0 Å². The largest absolute Gasteiger partial charge is 0.488 e. The van der Waals surface area contributed by atoms with Gasteiger partial charge in [0.25, 0.3) is 12.4 Å². The Morgan fingerprint density at radius 1 is 0.914 bits per heavy atom. The average molecular weight is 1160 g/mol. The first kappa shape index (κ1) is 58.3. The monoisotopic (exact) mass is 1160 g/mol. The molecular weight excluding hydrogens is 1090 g/mol. The number of rotatable bonds is 24. The molecule has 4 heterocycles. The van der Waals surface area contributed by atoms with Gasteiger partial charge in [0.2, 0.25) is 16.0 Å². The van der Waals surface area contributed by atoms with Crippen LogP contribution in [0.5, 0.6) is 11.5 Å². The summed E-state index contributed by atoms with van der Waals surface area (Å²) in [6.07, 6.45) is 4.99. The Balaban J connectivity index is 0.716. The number of nitrogens with one attached hydrogen (secondary N) is 3. The van der Waals surface area contributed by atoms with Gasteiger partial charge in [0.05, 0.1) is 28.6 Å². The van der Waals surface area contributed by atoms with E-state index in [2.05, 4.69) is 58.2 Å². The second kappa shape index (κ2) is 26.0. The maximum Gasteiger partial charge on any atom is 0.293 e. The Labute approximate surface area is 478 Å². The van der Waals surface area contributed by atoms with Gasteiger partial charge in [0.1, 0.15) is 45.2 Å². The van der Waals surface area contributed by atoms with Crippen LogP contribution >= 0.6 is 11.6 Å². The fourth-order valence-electron chi connectivity index (χ4n) is 10.0. The first-order valence-corrected chi connectivity index (χ1v) is 30.4. The minimum atomic E-state index is -3.89. The summed E-state index contributed by atoms with van der Waals surface area (Å²) in [7, 11) is -5.71. The van der Waals surface area contributed by atoms with E-state index < -0.39 is 31.0 Å². The van der Waals surface area contributed by atoms with Crippen molar-refractivity contribution >= 4 is 83.7 Å². The van der Waals surface area contributed by atoms with Gasteiger partial charge < -0.3 is 35.1 Å². The molecule has 1 amide bonds. The maximum atomic E-state index is 13.9. The van der Waals surface area contributed by atoms with E-state index in [0.717, 1.165) is 86.5 Å². The summed E-state index contributed by atoms with van der Waals surface area (Å²) in [4.78, 5) is 38.8. The molecule has 81 heavy (non-hydrogen) atoms. The summed E-state index contributed by atoms with van der Waals surface area (Å²) in [6, 6.07) is 30.9. The highest BCUT2D eigenvalue weighted by Gasteiger charge is 2.34. The zero-order valence-electron chi connectivity index (χ0n) is 46.0. The predicted molar refractivity (Wildman–Crippen MR) is 312 cm³/mol. The van der Waals surface area contributed by atoms with Crippen LogP contribution < -0.4 is 30.3 Å². The Morgan fingerprint density at radius 3 is 2.44 bits per heavy atom. The number of carbonyl (C=O) groups excluding carboxylic acids is 2. The summed E-state index contributed by atoms with van der Waals surface area (Å²) in [5, 5.41) is 17.5. The molecule has 2 aromatic heterocycles. The fourth-order valence-corrected chi connectivity index (χ4v) is 13.0. The van der Waals surface area contributed by atoms with E-state index in [1.54, 1.807) is 74.1 Å². The van der Waals surface area contributed by atoms with E-state index in [-0.39, 0.29) is 58.9 Å². The molecule has 23 heteroatoms. The summed E-state index contributed by atoms with van der Waals surface area (Å²) in [5.41, 5.74) is 6.56. The fraction of sp³-hybridized carbons (Fsp3) is 0.379. The third-order valence-corrected chi connectivity index (χ3v) is 18.9. The summed E-state index contributed by atoms with van der Waals surface area (Å²) < 4.78 is 74.5. The van der Waals surface area contributed by atoms with Crippen LogP contribution in [0.3, 0.4) is 0 Å². The normalized spacial score (nSPS) is 16.0. The number of hydrogen-bond acceptors (Lipinski definition) is 17. The molecule has 2 aliphatic rings. The molecule has 3 N–H and O–H groups in total. The standard InChI is InChI=1S/C58H68ClN11O9S2/c1-39(2)80(73,74)53-16-10-8-14-49(53)63-57-48(59)33-61-58(64-57)62-45-20-22-46(23-21-45)69-28-26-68(27-29-69)25-13-7-6-12-24-60-55(72)37-78-52-32-43(31-50-56(52)67(5)66-65-50)47(36-77-38-71)42-19-18-40(3)44(30-42)35-70-34-41(4)79-51-15-9-11-17-54(51)81(70,75)76/h8-11,14-23,30-33,38-39,41,47H,6-7,12-13,24-29,34-37H2,1-5H3,(H,60,72)(H2,61,62,63,64). The first-order chi connectivity index (χ1) is 39.0. The number of aryl methyl sites for hydroxylation is 2. The molecule has 2 atom stereocenters. The Morgan fingerprint density at radius 2 is 1.67 bits per heavy atom. The molecule has 7 aromatic rings. The van der Waals surface area contributed by atoms with Crippen molar-refractivity contribution in [2.45, 2.75) is 87.0 Å². The minimum Gasteiger partial charge on any atom is -0.488 e. The Kier molecular flexibility index (Phi) is 18.7. The number of unbranched alkanes of at least 4 members (excludes halogenated alkanes) is 3. The zero-order chi connectivity index (χ0) is 57.3. The Hall–Kier alpha value is -7.37. The number of benzene rings is 5. The molecule has 0 aliphatic carbocycles. The number of para-hydroxylation sites is 2. The topological polar surface area (TPSA) is 232 Å². The van der Waals surface area contributed by atoms with Gasteiger partial charge in [-0.3, -0.25) is 14.5 Å². The lowest BCUT2D eigenvalue weighted by molar-refractivity contribution is -0.129. The van der Waals surface area contributed by atoms with Crippen LogP contribution in [0, 0.1) is 6.92 Å². The van der Waals surface area contributed by atoms with Crippen molar-refractivity contribution in [3.63, 3.8) is 0 Å². The zero-order valence-corrected chi connectivity index (χ0v) is 48.4. The highest BCUT2D eigenvalue weighted by atomic mass is 35.5. The van der Waals surface area contributed by atoms with Crippen molar-refractivity contribution in [2.75, 3.05) is 74.6 Å². The molecule has 2 unspecified atom stereocenters. The van der Waals surface area contributed by atoms with Crippen molar-refractivity contribution in [3.05, 3.63) is 137 Å². The smallest absolute Gasteiger partial charge is 0.293 e. The van der Waals surface area contributed by atoms with Crippen LogP contribution in [-0.2, 0) is 47.8 Å². The van der Waals surface area contributed by atoms with Crippen LogP contribution in [0.4, 0.5) is 28.8 Å². The van der Waals surface area contributed by atoms with Crippen molar-refractivity contribution in [3.8, 4) is 11.5 Å². The van der Waals surface area contributed by atoms with E-state index in [9.17, 15) is 26.4 Å². The second-order valence-electron chi connectivity index (χ2n) is 20.6. The maximum absolute atomic E-state index is 13.9. The van der Waals surface area contributed by atoms with E-state index in [1.165, 1.54) is 10.5 Å². The first-order valence-electron chi connectivity index (χ1n) is 27.1. The highest BCUT2D eigenvalue weighted by molar-refractivity contribution is 7.92. The van der Waals surface area contributed by atoms with Crippen LogP contribution in [0.15, 0.2) is 119 Å². The van der Waals surface area contributed by atoms with E-state index in [4.69, 9.17) is 25.8 Å². The molecule has 1 saturated heterocycles. The minimum absolute atomic E-state index is 0.0218. The van der Waals surface area contributed by atoms with Gasteiger partial charge in [-0.25, -0.2) is 26.5 Å². The highest BCUT2D eigenvalue weighted by Crippen LogP contribution is 2.37. The van der Waals surface area contributed by atoms with Crippen molar-refractivity contribution in [1.82, 2.24) is 39.5 Å². The van der Waals surface area contributed by atoms with Crippen molar-refractivity contribution in [1.29, 1.82) is 0 Å².